The molecule has 3 nitrogen and oxygen atoms in total. The third-order valence-electron chi connectivity index (χ3n) is 2.52. The lowest BCUT2D eigenvalue weighted by Crippen LogP contribution is -2.17. The fourth-order valence-corrected chi connectivity index (χ4v) is 2.95. The van der Waals surface area contributed by atoms with Gasteiger partial charge in [-0.05, 0) is 40.5 Å². The van der Waals surface area contributed by atoms with Crippen molar-refractivity contribution in [2.24, 2.45) is 0 Å². The van der Waals surface area contributed by atoms with Crippen LogP contribution in [0.3, 0.4) is 0 Å². The molecule has 0 bridgehead atoms. The highest BCUT2D eigenvalue weighted by atomic mass is 79.9. The Morgan fingerprint density at radius 2 is 2.10 bits per heavy atom. The van der Waals surface area contributed by atoms with Gasteiger partial charge < -0.3 is 10.1 Å². The maximum atomic E-state index is 12.2. The van der Waals surface area contributed by atoms with Crippen molar-refractivity contribution in [2.45, 2.75) is 26.4 Å². The van der Waals surface area contributed by atoms with E-state index in [2.05, 4.69) is 31.0 Å². The Labute approximate surface area is 132 Å². The lowest BCUT2D eigenvalue weighted by atomic mass is 10.2. The first-order chi connectivity index (χ1) is 9.83. The zero-order valence-electron chi connectivity index (χ0n) is 11.0. The molecule has 8 heteroatoms. The number of nitrogens with one attached hydrogen (secondary N) is 1. The quantitative estimate of drug-likeness (QED) is 0.834. The van der Waals surface area contributed by atoms with Crippen LogP contribution in [0.1, 0.15) is 15.4 Å². The molecule has 114 valence electrons. The average Bonchev–Trinajstić information content (AvgIpc) is 2.77. The van der Waals surface area contributed by atoms with Gasteiger partial charge in [0, 0.05) is 24.2 Å². The van der Waals surface area contributed by atoms with Crippen molar-refractivity contribution < 1.29 is 17.9 Å². The molecular weight excluding hydrogens is 369 g/mol. The Balaban J connectivity index is 1.91. The van der Waals surface area contributed by atoms with Crippen LogP contribution in [-0.4, -0.2) is 11.3 Å². The summed E-state index contributed by atoms with van der Waals surface area (Å²) < 4.78 is 40.6. The summed E-state index contributed by atoms with van der Waals surface area (Å²) in [5, 5.41) is 4.22. The predicted octanol–water partition coefficient (Wildman–Crippen LogP) is 4.40. The molecule has 1 aromatic carbocycles. The molecule has 0 atom stereocenters. The van der Waals surface area contributed by atoms with Crippen LogP contribution >= 0.6 is 27.3 Å². The number of ether oxygens (including phenoxy) is 1. The van der Waals surface area contributed by atoms with E-state index in [-0.39, 0.29) is 10.2 Å². The zero-order chi connectivity index (χ0) is 15.5. The molecule has 0 unspecified atom stereocenters. The first kappa shape index (κ1) is 16.3. The highest BCUT2D eigenvalue weighted by molar-refractivity contribution is 9.10. The number of aromatic nitrogens is 1. The second kappa shape index (κ2) is 6.76. The number of nitrogens with zero attached hydrogens (tertiary/aromatic N) is 1. The topological polar surface area (TPSA) is 34.2 Å². The molecule has 0 aliphatic carbocycles. The third kappa shape index (κ3) is 5.29. The zero-order valence-corrected chi connectivity index (χ0v) is 13.4. The molecule has 0 spiro atoms. The molecule has 0 saturated heterocycles. The van der Waals surface area contributed by atoms with Gasteiger partial charge in [-0.2, -0.15) is 0 Å². The molecule has 2 rings (SSSR count). The Morgan fingerprint density at radius 1 is 1.33 bits per heavy atom. The Bertz CT molecular complexity index is 616. The Kier molecular flexibility index (Phi) is 5.23. The van der Waals surface area contributed by atoms with Crippen LogP contribution in [0.25, 0.3) is 0 Å². The molecular formula is C13H12BrF3N2OS. The summed E-state index contributed by atoms with van der Waals surface area (Å²) in [5.74, 6) is -0.246. The number of aryl methyl sites for hydroxylation is 1. The lowest BCUT2D eigenvalue weighted by Gasteiger charge is -2.11. The highest BCUT2D eigenvalue weighted by Crippen LogP contribution is 2.31. The van der Waals surface area contributed by atoms with Crippen molar-refractivity contribution in [3.63, 3.8) is 0 Å². The molecule has 0 amide bonds. The van der Waals surface area contributed by atoms with Gasteiger partial charge in [-0.15, -0.1) is 24.5 Å². The number of thiazole rings is 1. The maximum Gasteiger partial charge on any atom is 0.573 e. The van der Waals surface area contributed by atoms with E-state index < -0.39 is 6.36 Å². The van der Waals surface area contributed by atoms with E-state index >= 15 is 0 Å². The minimum absolute atomic E-state index is 0.246. The molecule has 2 aromatic rings. The summed E-state index contributed by atoms with van der Waals surface area (Å²) in [6, 6.07) is 4.49. The normalized spacial score (nSPS) is 11.7. The molecule has 0 aliphatic rings. The van der Waals surface area contributed by atoms with E-state index in [0.29, 0.717) is 13.1 Å². The predicted molar refractivity (Wildman–Crippen MR) is 78.2 cm³/mol. The molecule has 1 heterocycles. The van der Waals surface area contributed by atoms with Crippen molar-refractivity contribution >= 4 is 27.3 Å². The van der Waals surface area contributed by atoms with Gasteiger partial charge in [0.05, 0.1) is 9.48 Å². The number of hydrogen-bond donors (Lipinski definition) is 1. The Hall–Kier alpha value is -1.12. The van der Waals surface area contributed by atoms with E-state index in [1.165, 1.54) is 6.07 Å². The first-order valence-electron chi connectivity index (χ1n) is 6.00. The van der Waals surface area contributed by atoms with Gasteiger partial charge in [0.25, 0.3) is 0 Å². The van der Waals surface area contributed by atoms with E-state index in [0.717, 1.165) is 15.4 Å². The van der Waals surface area contributed by atoms with Gasteiger partial charge in [-0.1, -0.05) is 6.07 Å². The van der Waals surface area contributed by atoms with Gasteiger partial charge in [-0.25, -0.2) is 4.98 Å². The molecule has 0 aliphatic heterocycles. The standard InChI is InChI=1S/C13H12BrF3N2OS/c1-8-19-7-10(21-8)6-18-5-9-2-3-12(11(14)4-9)20-13(15,16)17/h2-4,7,18H,5-6H2,1H3. The minimum Gasteiger partial charge on any atom is -0.405 e. The SMILES string of the molecule is Cc1ncc(CNCc2ccc(OC(F)(F)F)c(Br)c2)s1. The van der Waals surface area contributed by atoms with Crippen LogP contribution in [0.2, 0.25) is 0 Å². The first-order valence-corrected chi connectivity index (χ1v) is 7.60. The van der Waals surface area contributed by atoms with Crippen LogP contribution in [-0.2, 0) is 13.1 Å². The van der Waals surface area contributed by atoms with Crippen molar-refractivity contribution in [1.82, 2.24) is 10.3 Å². The fraction of sp³-hybridized carbons (Fsp3) is 0.308. The number of benzene rings is 1. The molecule has 1 aromatic heterocycles. The largest absolute Gasteiger partial charge is 0.573 e. The fourth-order valence-electron chi connectivity index (χ4n) is 1.68. The average molecular weight is 381 g/mol. The summed E-state index contributed by atoms with van der Waals surface area (Å²) >= 11 is 4.69. The van der Waals surface area contributed by atoms with Gasteiger partial charge >= 0.3 is 6.36 Å². The van der Waals surface area contributed by atoms with E-state index in [4.69, 9.17) is 0 Å². The van der Waals surface area contributed by atoms with Crippen LogP contribution in [0.5, 0.6) is 5.75 Å². The second-order valence-electron chi connectivity index (χ2n) is 4.26. The minimum atomic E-state index is -4.69. The van der Waals surface area contributed by atoms with Crippen LogP contribution in [0, 0.1) is 6.92 Å². The maximum absolute atomic E-state index is 12.2. The highest BCUT2D eigenvalue weighted by Gasteiger charge is 2.31. The van der Waals surface area contributed by atoms with Crippen molar-refractivity contribution in [2.75, 3.05) is 0 Å². The molecule has 1 N–H and O–H groups in total. The van der Waals surface area contributed by atoms with Crippen LogP contribution < -0.4 is 10.1 Å². The Morgan fingerprint density at radius 3 is 2.67 bits per heavy atom. The summed E-state index contributed by atoms with van der Waals surface area (Å²) in [5.41, 5.74) is 0.859. The van der Waals surface area contributed by atoms with E-state index in [1.54, 1.807) is 23.5 Å². The lowest BCUT2D eigenvalue weighted by molar-refractivity contribution is -0.274. The summed E-state index contributed by atoms with van der Waals surface area (Å²) in [7, 11) is 0. The van der Waals surface area contributed by atoms with Crippen LogP contribution in [0.4, 0.5) is 13.2 Å². The monoisotopic (exact) mass is 380 g/mol. The van der Waals surface area contributed by atoms with Gasteiger partial charge in [0.2, 0.25) is 0 Å². The van der Waals surface area contributed by atoms with Gasteiger partial charge in [-0.3, -0.25) is 0 Å². The van der Waals surface area contributed by atoms with Crippen molar-refractivity contribution in [1.29, 1.82) is 0 Å². The number of halogens is 4. The number of alkyl halides is 3. The summed E-state index contributed by atoms with van der Waals surface area (Å²) in [6.07, 6.45) is -2.88. The number of rotatable bonds is 5. The molecule has 0 saturated carbocycles. The smallest absolute Gasteiger partial charge is 0.405 e. The summed E-state index contributed by atoms with van der Waals surface area (Å²) in [4.78, 5) is 5.26. The summed E-state index contributed by atoms with van der Waals surface area (Å²) in [6.45, 7) is 3.15. The molecule has 21 heavy (non-hydrogen) atoms. The number of hydrogen-bond acceptors (Lipinski definition) is 4. The molecule has 0 radical (unpaired) electrons. The van der Waals surface area contributed by atoms with E-state index in [1.807, 2.05) is 13.1 Å². The third-order valence-corrected chi connectivity index (χ3v) is 4.05. The van der Waals surface area contributed by atoms with Gasteiger partial charge in [0.1, 0.15) is 5.75 Å². The second-order valence-corrected chi connectivity index (χ2v) is 6.44. The van der Waals surface area contributed by atoms with Crippen molar-refractivity contribution in [3.05, 3.63) is 44.3 Å². The van der Waals surface area contributed by atoms with Crippen molar-refractivity contribution in [3.8, 4) is 5.75 Å². The molecule has 0 fully saturated rings. The van der Waals surface area contributed by atoms with Gasteiger partial charge in [0.15, 0.2) is 0 Å². The van der Waals surface area contributed by atoms with E-state index in [9.17, 15) is 13.2 Å². The van der Waals surface area contributed by atoms with Crippen LogP contribution in [0.15, 0.2) is 28.9 Å².